The summed E-state index contributed by atoms with van der Waals surface area (Å²) in [6, 6.07) is 33.7. The van der Waals surface area contributed by atoms with Crippen LogP contribution in [0.1, 0.15) is 101 Å². The zero-order chi connectivity index (χ0) is 47.0. The van der Waals surface area contributed by atoms with Gasteiger partial charge in [-0.3, -0.25) is 24.6 Å². The van der Waals surface area contributed by atoms with Crippen molar-refractivity contribution in [1.82, 2.24) is 44.6 Å². The van der Waals surface area contributed by atoms with Gasteiger partial charge in [-0.05, 0) is 109 Å². The van der Waals surface area contributed by atoms with Crippen LogP contribution < -0.4 is 4.74 Å². The molecule has 0 aliphatic heterocycles. The smallest absolute Gasteiger partial charge is 0.337 e. The number of methoxy groups -OCH3 is 1. The van der Waals surface area contributed by atoms with Gasteiger partial charge in [-0.25, -0.2) is 14.8 Å². The first-order chi connectivity index (χ1) is 33.3. The fourth-order valence-corrected chi connectivity index (χ4v) is 9.39. The summed E-state index contributed by atoms with van der Waals surface area (Å²) in [5.41, 5.74) is 5.95. The Morgan fingerprint density at radius 2 is 1.24 bits per heavy atom. The van der Waals surface area contributed by atoms with Crippen molar-refractivity contribution in [2.75, 3.05) is 20.3 Å². The number of ether oxygens (including phenoxy) is 2. The van der Waals surface area contributed by atoms with Gasteiger partial charge in [0.05, 0.1) is 49.2 Å². The van der Waals surface area contributed by atoms with E-state index in [0.29, 0.717) is 69.6 Å². The average Bonchev–Trinajstić information content (AvgIpc) is 4.09. The quantitative estimate of drug-likeness (QED) is 0.0470. The van der Waals surface area contributed by atoms with Gasteiger partial charge in [0.15, 0.2) is 0 Å². The number of halogens is 1. The first-order valence-electron chi connectivity index (χ1n) is 23.5. The van der Waals surface area contributed by atoms with Gasteiger partial charge < -0.3 is 24.3 Å². The van der Waals surface area contributed by atoms with E-state index in [0.717, 1.165) is 96.0 Å². The highest BCUT2D eigenvalue weighted by Gasteiger charge is 2.43. The predicted octanol–water partition coefficient (Wildman–Crippen LogP) is 9.86. The van der Waals surface area contributed by atoms with Crippen LogP contribution in [0.15, 0.2) is 140 Å². The van der Waals surface area contributed by atoms with Crippen LogP contribution in [0.25, 0.3) is 0 Å². The molecule has 4 heterocycles. The molecule has 1 amide bonds. The van der Waals surface area contributed by atoms with Crippen LogP contribution >= 0.6 is 11.6 Å². The molecule has 1 aliphatic rings. The summed E-state index contributed by atoms with van der Waals surface area (Å²) < 4.78 is 11.6. The standard InChI is InChI=1S/C54H60ClN9O4/c1-67-52(65)44-15-13-41(14-16-44)36-64(53(66)54(21-5-2-6-22-54)45-17-19-46(55)20-18-45)29-9-10-30-68-49-32-42(34-62(39-50-58-25-26-59-50)37-47-11-3-7-23-56-47)31-43(33-49)35-63(40-51-60-27-28-61-51)38-48-12-4-8-24-57-48/h3-4,7-8,11-20,23-28,31-33H,2,5-6,9-10,21-22,29-30,34-40H2,1H3,(H,58,59)(H,60,61). The van der Waals surface area contributed by atoms with Crippen LogP contribution in [-0.2, 0) is 60.8 Å². The van der Waals surface area contributed by atoms with E-state index in [-0.39, 0.29) is 5.91 Å². The number of hydrogen-bond donors (Lipinski definition) is 2. The number of pyridine rings is 2. The van der Waals surface area contributed by atoms with E-state index in [1.165, 1.54) is 7.11 Å². The summed E-state index contributed by atoms with van der Waals surface area (Å²) in [4.78, 5) is 58.9. The zero-order valence-electron chi connectivity index (χ0n) is 38.7. The maximum absolute atomic E-state index is 15.1. The number of aromatic nitrogens is 6. The zero-order valence-corrected chi connectivity index (χ0v) is 39.5. The molecule has 2 N–H and O–H groups in total. The molecule has 0 saturated heterocycles. The minimum Gasteiger partial charge on any atom is -0.494 e. The maximum atomic E-state index is 15.1. The summed E-state index contributed by atoms with van der Waals surface area (Å²) in [6.45, 7) is 5.19. The highest BCUT2D eigenvalue weighted by molar-refractivity contribution is 6.30. The van der Waals surface area contributed by atoms with Crippen molar-refractivity contribution in [1.29, 1.82) is 0 Å². The van der Waals surface area contributed by atoms with E-state index in [1.54, 1.807) is 24.5 Å². The third kappa shape index (κ3) is 13.3. The second kappa shape index (κ2) is 23.9. The molecule has 0 unspecified atom stereocenters. The summed E-state index contributed by atoms with van der Waals surface area (Å²) in [7, 11) is 1.38. The summed E-state index contributed by atoms with van der Waals surface area (Å²) in [5, 5.41) is 0.652. The predicted molar refractivity (Wildman–Crippen MR) is 262 cm³/mol. The summed E-state index contributed by atoms with van der Waals surface area (Å²) in [6.07, 6.45) is 17.0. The molecular weight excluding hydrogens is 874 g/mol. The number of rotatable bonds is 23. The first-order valence-corrected chi connectivity index (χ1v) is 23.9. The van der Waals surface area contributed by atoms with Gasteiger partial charge >= 0.3 is 5.97 Å². The Morgan fingerprint density at radius 3 is 1.76 bits per heavy atom. The number of imidazole rings is 2. The lowest BCUT2D eigenvalue weighted by atomic mass is 9.68. The first kappa shape index (κ1) is 47.8. The Morgan fingerprint density at radius 1 is 0.632 bits per heavy atom. The molecule has 0 bridgehead atoms. The Hall–Kier alpha value is -6.67. The number of aromatic amines is 2. The second-order valence-corrected chi connectivity index (χ2v) is 18.0. The van der Waals surface area contributed by atoms with Crippen molar-refractivity contribution in [2.45, 2.75) is 96.2 Å². The molecule has 68 heavy (non-hydrogen) atoms. The number of carbonyl (C=O) groups is 2. The van der Waals surface area contributed by atoms with Crippen LogP contribution in [0, 0.1) is 0 Å². The number of nitrogens with one attached hydrogen (secondary N) is 2. The Balaban J connectivity index is 1.02. The molecule has 1 fully saturated rings. The van der Waals surface area contributed by atoms with Crippen LogP contribution in [0.4, 0.5) is 0 Å². The van der Waals surface area contributed by atoms with E-state index in [1.807, 2.05) is 102 Å². The number of carbonyl (C=O) groups excluding carboxylic acids is 2. The van der Waals surface area contributed by atoms with Gasteiger partial charge in [0, 0.05) is 81.5 Å². The highest BCUT2D eigenvalue weighted by Crippen LogP contribution is 2.42. The van der Waals surface area contributed by atoms with Crippen molar-refractivity contribution in [2.24, 2.45) is 0 Å². The second-order valence-electron chi connectivity index (χ2n) is 17.6. The van der Waals surface area contributed by atoms with Crippen LogP contribution in [0.5, 0.6) is 5.75 Å². The molecule has 0 atom stereocenters. The van der Waals surface area contributed by atoms with E-state index < -0.39 is 11.4 Å². The van der Waals surface area contributed by atoms with E-state index in [9.17, 15) is 4.79 Å². The number of hydrogen-bond acceptors (Lipinski definition) is 10. The third-order valence-electron chi connectivity index (χ3n) is 12.6. The van der Waals surface area contributed by atoms with E-state index in [2.05, 4.69) is 57.9 Å². The Kier molecular flexibility index (Phi) is 16.8. The largest absolute Gasteiger partial charge is 0.494 e. The van der Waals surface area contributed by atoms with Crippen molar-refractivity contribution in [3.8, 4) is 5.75 Å². The number of unbranched alkanes of at least 4 members (excludes halogenated alkanes) is 1. The lowest BCUT2D eigenvalue weighted by Gasteiger charge is -2.40. The van der Waals surface area contributed by atoms with Gasteiger partial charge in [0.2, 0.25) is 5.91 Å². The average molecular weight is 935 g/mol. The topological polar surface area (TPSA) is 145 Å². The maximum Gasteiger partial charge on any atom is 0.337 e. The molecule has 0 spiro atoms. The van der Waals surface area contributed by atoms with Crippen LogP contribution in [0.2, 0.25) is 5.02 Å². The van der Waals surface area contributed by atoms with Crippen molar-refractivity contribution in [3.05, 3.63) is 196 Å². The Bertz CT molecular complexity index is 2510. The summed E-state index contributed by atoms with van der Waals surface area (Å²) >= 11 is 6.35. The minimum absolute atomic E-state index is 0.129. The molecule has 1 saturated carbocycles. The highest BCUT2D eigenvalue weighted by atomic mass is 35.5. The SMILES string of the molecule is COC(=O)c1ccc(CN(CCCCOc2cc(CN(Cc3ccccn3)Cc3ncc[nH]3)cc(CN(Cc3ccccn3)Cc3ncc[nH]3)c2)C(=O)C2(c3ccc(Cl)cc3)CCCCC2)cc1. The lowest BCUT2D eigenvalue weighted by molar-refractivity contribution is -0.139. The lowest BCUT2D eigenvalue weighted by Crippen LogP contribution is -2.48. The molecular formula is C54H60ClN9O4. The Labute approximate surface area is 403 Å². The van der Waals surface area contributed by atoms with Gasteiger partial charge in [-0.15, -0.1) is 0 Å². The normalized spacial score (nSPS) is 13.4. The molecule has 7 aromatic rings. The molecule has 4 aromatic heterocycles. The number of benzene rings is 3. The summed E-state index contributed by atoms with van der Waals surface area (Å²) in [5.74, 6) is 2.28. The van der Waals surface area contributed by atoms with Crippen LogP contribution in [-0.4, -0.2) is 76.7 Å². The van der Waals surface area contributed by atoms with Gasteiger partial charge in [0.25, 0.3) is 0 Å². The molecule has 1 aliphatic carbocycles. The number of amides is 1. The minimum atomic E-state index is -0.634. The third-order valence-corrected chi connectivity index (χ3v) is 12.8. The van der Waals surface area contributed by atoms with Crippen molar-refractivity contribution < 1.29 is 19.1 Å². The van der Waals surface area contributed by atoms with E-state index >= 15 is 4.79 Å². The fraction of sp³-hybridized carbons (Fsp3) is 0.333. The molecule has 14 heteroatoms. The monoisotopic (exact) mass is 933 g/mol. The number of nitrogens with zero attached hydrogens (tertiary/aromatic N) is 7. The number of esters is 1. The van der Waals surface area contributed by atoms with E-state index in [4.69, 9.17) is 21.1 Å². The van der Waals surface area contributed by atoms with Gasteiger partial charge in [-0.1, -0.05) is 73.3 Å². The molecule has 3 aromatic carbocycles. The fourth-order valence-electron chi connectivity index (χ4n) is 9.26. The number of H-pyrrole nitrogens is 2. The molecule has 352 valence electrons. The van der Waals surface area contributed by atoms with Crippen molar-refractivity contribution >= 4 is 23.5 Å². The molecule has 0 radical (unpaired) electrons. The molecule has 8 rings (SSSR count). The molecule has 13 nitrogen and oxygen atoms in total. The van der Waals surface area contributed by atoms with Crippen LogP contribution in [0.3, 0.4) is 0 Å². The van der Waals surface area contributed by atoms with Gasteiger partial charge in [-0.2, -0.15) is 0 Å². The van der Waals surface area contributed by atoms with Crippen molar-refractivity contribution in [3.63, 3.8) is 0 Å². The van der Waals surface area contributed by atoms with Gasteiger partial charge in [0.1, 0.15) is 17.4 Å².